The SMILES string of the molecule is CC(C(=O)O)C1(C)OCCc2c1n(C)c1ccccc21. The highest BCUT2D eigenvalue weighted by atomic mass is 16.5. The number of para-hydroxylation sites is 1. The van der Waals surface area contributed by atoms with Gasteiger partial charge in [-0.3, -0.25) is 4.79 Å². The number of benzene rings is 1. The fraction of sp³-hybridized carbons (Fsp3) is 0.438. The van der Waals surface area contributed by atoms with E-state index in [0.29, 0.717) is 6.61 Å². The van der Waals surface area contributed by atoms with Gasteiger partial charge in [-0.25, -0.2) is 0 Å². The standard InChI is InChI=1S/C16H19NO3/c1-10(15(18)19)16(2)14-12(8-9-20-16)11-6-4-5-7-13(11)17(14)3/h4-7,10H,8-9H2,1-3H3,(H,18,19). The molecule has 0 radical (unpaired) electrons. The molecule has 1 aromatic carbocycles. The van der Waals surface area contributed by atoms with E-state index in [2.05, 4.69) is 16.7 Å². The summed E-state index contributed by atoms with van der Waals surface area (Å²) in [6, 6.07) is 8.20. The zero-order chi connectivity index (χ0) is 14.5. The molecule has 0 aliphatic carbocycles. The average molecular weight is 273 g/mol. The molecule has 0 fully saturated rings. The van der Waals surface area contributed by atoms with Crippen LogP contribution in [0.15, 0.2) is 24.3 Å². The summed E-state index contributed by atoms with van der Waals surface area (Å²) in [6.07, 6.45) is 0.832. The maximum atomic E-state index is 11.5. The highest BCUT2D eigenvalue weighted by Gasteiger charge is 2.45. The van der Waals surface area contributed by atoms with Crippen LogP contribution in [0.1, 0.15) is 25.1 Å². The maximum Gasteiger partial charge on any atom is 0.309 e. The molecule has 2 aromatic rings. The first-order valence-electron chi connectivity index (χ1n) is 6.90. The topological polar surface area (TPSA) is 51.5 Å². The van der Waals surface area contributed by atoms with Gasteiger partial charge in [0, 0.05) is 18.0 Å². The van der Waals surface area contributed by atoms with E-state index in [-0.39, 0.29) is 0 Å². The molecule has 4 nitrogen and oxygen atoms in total. The quantitative estimate of drug-likeness (QED) is 0.915. The van der Waals surface area contributed by atoms with Crippen molar-refractivity contribution in [3.63, 3.8) is 0 Å². The summed E-state index contributed by atoms with van der Waals surface area (Å²) in [5.41, 5.74) is 2.57. The molecule has 4 heteroatoms. The number of carboxylic acids is 1. The van der Waals surface area contributed by atoms with Crippen LogP contribution in [0.4, 0.5) is 0 Å². The molecule has 1 aliphatic heterocycles. The Morgan fingerprint density at radius 3 is 2.85 bits per heavy atom. The van der Waals surface area contributed by atoms with Gasteiger partial charge >= 0.3 is 5.97 Å². The van der Waals surface area contributed by atoms with Crippen LogP contribution in [0.2, 0.25) is 0 Å². The monoisotopic (exact) mass is 273 g/mol. The van der Waals surface area contributed by atoms with Crippen molar-refractivity contribution in [1.29, 1.82) is 0 Å². The lowest BCUT2D eigenvalue weighted by atomic mass is 9.82. The molecular formula is C16H19NO3. The van der Waals surface area contributed by atoms with Crippen molar-refractivity contribution in [3.8, 4) is 0 Å². The highest BCUT2D eigenvalue weighted by Crippen LogP contribution is 2.42. The summed E-state index contributed by atoms with van der Waals surface area (Å²) in [7, 11) is 1.99. The van der Waals surface area contributed by atoms with Crippen LogP contribution in [0.3, 0.4) is 0 Å². The van der Waals surface area contributed by atoms with Gasteiger partial charge in [0.05, 0.1) is 18.2 Å². The first kappa shape index (κ1) is 13.2. The van der Waals surface area contributed by atoms with E-state index in [1.54, 1.807) is 6.92 Å². The van der Waals surface area contributed by atoms with Gasteiger partial charge in [-0.15, -0.1) is 0 Å². The number of rotatable bonds is 2. The Bertz CT molecular complexity index is 688. The summed E-state index contributed by atoms with van der Waals surface area (Å²) >= 11 is 0. The zero-order valence-electron chi connectivity index (χ0n) is 12.0. The molecule has 0 saturated heterocycles. The van der Waals surface area contributed by atoms with E-state index in [1.165, 1.54) is 10.9 Å². The number of nitrogens with zero attached hydrogens (tertiary/aromatic N) is 1. The minimum atomic E-state index is -0.828. The van der Waals surface area contributed by atoms with Crippen molar-refractivity contribution in [3.05, 3.63) is 35.5 Å². The molecular weight excluding hydrogens is 254 g/mol. The summed E-state index contributed by atoms with van der Waals surface area (Å²) in [5, 5.41) is 10.6. The first-order chi connectivity index (χ1) is 9.47. The molecule has 3 rings (SSSR count). The van der Waals surface area contributed by atoms with E-state index >= 15 is 0 Å². The van der Waals surface area contributed by atoms with Crippen LogP contribution in [-0.4, -0.2) is 22.2 Å². The predicted molar refractivity (Wildman–Crippen MR) is 76.7 cm³/mol. The summed E-state index contributed by atoms with van der Waals surface area (Å²) < 4.78 is 8.01. The summed E-state index contributed by atoms with van der Waals surface area (Å²) in [4.78, 5) is 11.5. The van der Waals surface area contributed by atoms with Crippen molar-refractivity contribution in [1.82, 2.24) is 4.57 Å². The summed E-state index contributed by atoms with van der Waals surface area (Å²) in [5.74, 6) is -1.42. The molecule has 2 atom stereocenters. The van der Waals surface area contributed by atoms with Crippen molar-refractivity contribution >= 4 is 16.9 Å². The van der Waals surface area contributed by atoms with Crippen molar-refractivity contribution < 1.29 is 14.6 Å². The van der Waals surface area contributed by atoms with E-state index < -0.39 is 17.5 Å². The van der Waals surface area contributed by atoms with Crippen LogP contribution in [0.25, 0.3) is 10.9 Å². The highest BCUT2D eigenvalue weighted by molar-refractivity contribution is 5.86. The van der Waals surface area contributed by atoms with E-state index in [4.69, 9.17) is 4.74 Å². The Morgan fingerprint density at radius 1 is 1.45 bits per heavy atom. The van der Waals surface area contributed by atoms with Crippen molar-refractivity contribution in [2.24, 2.45) is 13.0 Å². The molecule has 1 aliphatic rings. The number of carbonyl (C=O) groups is 1. The second kappa shape index (κ2) is 4.35. The van der Waals surface area contributed by atoms with Gasteiger partial charge < -0.3 is 14.4 Å². The van der Waals surface area contributed by atoms with Crippen LogP contribution in [0, 0.1) is 5.92 Å². The number of hydrogen-bond donors (Lipinski definition) is 1. The Morgan fingerprint density at radius 2 is 2.15 bits per heavy atom. The lowest BCUT2D eigenvalue weighted by molar-refractivity contribution is -0.158. The minimum Gasteiger partial charge on any atom is -0.481 e. The third kappa shape index (κ3) is 1.61. The second-order valence-corrected chi connectivity index (χ2v) is 5.67. The Labute approximate surface area is 118 Å². The fourth-order valence-electron chi connectivity index (χ4n) is 3.36. The first-order valence-corrected chi connectivity index (χ1v) is 6.90. The van der Waals surface area contributed by atoms with Gasteiger partial charge in [-0.1, -0.05) is 18.2 Å². The largest absolute Gasteiger partial charge is 0.481 e. The fourth-order valence-corrected chi connectivity index (χ4v) is 3.36. The van der Waals surface area contributed by atoms with E-state index in [0.717, 1.165) is 17.6 Å². The normalized spacial score (nSPS) is 23.6. The van der Waals surface area contributed by atoms with Crippen LogP contribution >= 0.6 is 0 Å². The number of hydrogen-bond acceptors (Lipinski definition) is 2. The number of aryl methyl sites for hydroxylation is 1. The molecule has 2 heterocycles. The van der Waals surface area contributed by atoms with Crippen LogP contribution < -0.4 is 0 Å². The second-order valence-electron chi connectivity index (χ2n) is 5.67. The Balaban J connectivity index is 2.30. The van der Waals surface area contributed by atoms with Gasteiger partial charge in [-0.05, 0) is 31.9 Å². The van der Waals surface area contributed by atoms with Gasteiger partial charge in [0.15, 0.2) is 0 Å². The van der Waals surface area contributed by atoms with Crippen LogP contribution in [0.5, 0.6) is 0 Å². The lowest BCUT2D eigenvalue weighted by Gasteiger charge is -2.38. The number of fused-ring (bicyclic) bond motifs is 3. The maximum absolute atomic E-state index is 11.5. The number of carboxylic acid groups (broad SMARTS) is 1. The van der Waals surface area contributed by atoms with Crippen LogP contribution in [-0.2, 0) is 28.6 Å². The van der Waals surface area contributed by atoms with Gasteiger partial charge in [-0.2, -0.15) is 0 Å². The van der Waals surface area contributed by atoms with Gasteiger partial charge in [0.1, 0.15) is 5.60 Å². The van der Waals surface area contributed by atoms with E-state index in [1.807, 2.05) is 26.1 Å². The smallest absolute Gasteiger partial charge is 0.309 e. The molecule has 0 spiro atoms. The average Bonchev–Trinajstić information content (AvgIpc) is 2.73. The summed E-state index contributed by atoms with van der Waals surface area (Å²) in [6.45, 7) is 4.17. The molecule has 106 valence electrons. The molecule has 0 saturated carbocycles. The Hall–Kier alpha value is -1.81. The molecule has 0 amide bonds. The number of ether oxygens (including phenoxy) is 1. The van der Waals surface area contributed by atoms with Gasteiger partial charge in [0.2, 0.25) is 0 Å². The van der Waals surface area contributed by atoms with Gasteiger partial charge in [0.25, 0.3) is 0 Å². The Kier molecular flexibility index (Phi) is 2.87. The molecule has 1 aromatic heterocycles. The molecule has 20 heavy (non-hydrogen) atoms. The zero-order valence-corrected chi connectivity index (χ0v) is 12.0. The van der Waals surface area contributed by atoms with Crippen molar-refractivity contribution in [2.75, 3.05) is 6.61 Å². The third-order valence-corrected chi connectivity index (χ3v) is 4.63. The number of aromatic nitrogens is 1. The predicted octanol–water partition coefficient (Wildman–Crippen LogP) is 2.69. The van der Waals surface area contributed by atoms with E-state index in [9.17, 15) is 9.90 Å². The molecule has 1 N–H and O–H groups in total. The lowest BCUT2D eigenvalue weighted by Crippen LogP contribution is -2.43. The molecule has 0 bridgehead atoms. The minimum absolute atomic E-state index is 0.565. The molecule has 2 unspecified atom stereocenters. The number of aliphatic carboxylic acids is 1. The van der Waals surface area contributed by atoms with Crippen molar-refractivity contribution in [2.45, 2.75) is 25.9 Å². The third-order valence-electron chi connectivity index (χ3n) is 4.63.